The Balaban J connectivity index is 1.28. The predicted molar refractivity (Wildman–Crippen MR) is 117 cm³/mol. The van der Waals surface area contributed by atoms with Gasteiger partial charge in [0.15, 0.2) is 0 Å². The third-order valence-electron chi connectivity index (χ3n) is 5.69. The number of likely N-dealkylation sites (tertiary alicyclic amines) is 1. The number of thiophene rings is 1. The standard InChI is InChI=1S/C23H26N2O3S/c1-23(22(26)24-12-14-28-19-9-7-18(27-2)8-10-19)11-13-25(23)15-17-16-29-21-6-4-3-5-20(17)21/h3-10,16H,11-15H2,1-2H3,(H,24,26). The van der Waals surface area contributed by atoms with E-state index in [4.69, 9.17) is 9.47 Å². The molecule has 0 aliphatic carbocycles. The molecule has 2 aromatic carbocycles. The highest BCUT2D eigenvalue weighted by molar-refractivity contribution is 7.17. The van der Waals surface area contributed by atoms with Gasteiger partial charge in [-0.15, -0.1) is 11.3 Å². The normalized spacial score (nSPS) is 19.0. The lowest BCUT2D eigenvalue weighted by atomic mass is 9.85. The summed E-state index contributed by atoms with van der Waals surface area (Å²) >= 11 is 1.76. The van der Waals surface area contributed by atoms with Gasteiger partial charge < -0.3 is 14.8 Å². The molecular weight excluding hydrogens is 384 g/mol. The van der Waals surface area contributed by atoms with Crippen LogP contribution in [0.4, 0.5) is 0 Å². The van der Waals surface area contributed by atoms with Gasteiger partial charge in [-0.25, -0.2) is 0 Å². The summed E-state index contributed by atoms with van der Waals surface area (Å²) in [4.78, 5) is 15.1. The Kier molecular flexibility index (Phi) is 5.74. The molecule has 1 atom stereocenters. The first-order chi connectivity index (χ1) is 14.1. The molecule has 4 rings (SSSR count). The number of methoxy groups -OCH3 is 1. The molecule has 6 heteroatoms. The van der Waals surface area contributed by atoms with Crippen LogP contribution in [0.25, 0.3) is 10.1 Å². The fourth-order valence-corrected chi connectivity index (χ4v) is 4.63. The van der Waals surface area contributed by atoms with E-state index in [2.05, 4.69) is 39.9 Å². The summed E-state index contributed by atoms with van der Waals surface area (Å²) in [5, 5.41) is 6.54. The second kappa shape index (κ2) is 8.43. The molecule has 1 saturated heterocycles. The van der Waals surface area contributed by atoms with Crippen LogP contribution in [-0.2, 0) is 11.3 Å². The molecule has 1 unspecified atom stereocenters. The summed E-state index contributed by atoms with van der Waals surface area (Å²) in [5.41, 5.74) is 0.843. The van der Waals surface area contributed by atoms with E-state index < -0.39 is 5.54 Å². The van der Waals surface area contributed by atoms with E-state index in [1.54, 1.807) is 18.4 Å². The summed E-state index contributed by atoms with van der Waals surface area (Å²) in [5.74, 6) is 1.63. The summed E-state index contributed by atoms with van der Waals surface area (Å²) in [7, 11) is 1.64. The zero-order valence-corrected chi connectivity index (χ0v) is 17.6. The van der Waals surface area contributed by atoms with E-state index in [1.165, 1.54) is 15.6 Å². The minimum Gasteiger partial charge on any atom is -0.497 e. The molecule has 3 aromatic rings. The highest BCUT2D eigenvalue weighted by Gasteiger charge is 2.46. The molecular formula is C23H26N2O3S. The molecule has 1 fully saturated rings. The molecule has 29 heavy (non-hydrogen) atoms. The summed E-state index contributed by atoms with van der Waals surface area (Å²) in [6, 6.07) is 15.9. The van der Waals surface area contributed by atoms with Crippen LogP contribution in [0.1, 0.15) is 18.9 Å². The van der Waals surface area contributed by atoms with Crippen LogP contribution in [0.2, 0.25) is 0 Å². The number of nitrogens with one attached hydrogen (secondary N) is 1. The fraction of sp³-hybridized carbons (Fsp3) is 0.348. The smallest absolute Gasteiger partial charge is 0.240 e. The van der Waals surface area contributed by atoms with Crippen molar-refractivity contribution in [1.82, 2.24) is 10.2 Å². The van der Waals surface area contributed by atoms with Crippen molar-refractivity contribution < 1.29 is 14.3 Å². The van der Waals surface area contributed by atoms with Gasteiger partial charge >= 0.3 is 0 Å². The van der Waals surface area contributed by atoms with E-state index in [0.717, 1.165) is 31.0 Å². The maximum atomic E-state index is 12.8. The van der Waals surface area contributed by atoms with Crippen molar-refractivity contribution >= 4 is 27.3 Å². The Morgan fingerprint density at radius 1 is 1.17 bits per heavy atom. The molecule has 1 aliphatic heterocycles. The zero-order chi connectivity index (χ0) is 20.3. The lowest BCUT2D eigenvalue weighted by Gasteiger charge is -2.49. The minimum absolute atomic E-state index is 0.0709. The van der Waals surface area contributed by atoms with E-state index in [1.807, 2.05) is 31.2 Å². The quantitative estimate of drug-likeness (QED) is 0.569. The SMILES string of the molecule is COc1ccc(OCCNC(=O)C2(C)CCN2Cc2csc3ccccc23)cc1. The minimum atomic E-state index is -0.455. The van der Waals surface area contributed by atoms with Gasteiger partial charge in [-0.1, -0.05) is 18.2 Å². The average Bonchev–Trinajstić information content (AvgIpc) is 3.17. The zero-order valence-electron chi connectivity index (χ0n) is 16.8. The number of rotatable bonds is 8. The molecule has 152 valence electrons. The van der Waals surface area contributed by atoms with Crippen LogP contribution in [0.3, 0.4) is 0 Å². The van der Waals surface area contributed by atoms with Crippen LogP contribution >= 0.6 is 11.3 Å². The third-order valence-corrected chi connectivity index (χ3v) is 6.71. The van der Waals surface area contributed by atoms with Crippen LogP contribution in [0.5, 0.6) is 11.5 Å². The van der Waals surface area contributed by atoms with Crippen molar-refractivity contribution in [1.29, 1.82) is 0 Å². The Bertz CT molecular complexity index is 985. The van der Waals surface area contributed by atoms with Gasteiger partial charge in [0.2, 0.25) is 5.91 Å². The Morgan fingerprint density at radius 2 is 1.93 bits per heavy atom. The number of fused-ring (bicyclic) bond motifs is 1. The monoisotopic (exact) mass is 410 g/mol. The van der Waals surface area contributed by atoms with Gasteiger partial charge in [0.1, 0.15) is 18.1 Å². The Labute approximate surface area is 175 Å². The van der Waals surface area contributed by atoms with Gasteiger partial charge in [0, 0.05) is 17.8 Å². The highest BCUT2D eigenvalue weighted by Crippen LogP contribution is 2.35. The number of carbonyl (C=O) groups excluding carboxylic acids is 1. The maximum absolute atomic E-state index is 12.8. The Morgan fingerprint density at radius 3 is 2.66 bits per heavy atom. The molecule has 0 spiro atoms. The second-order valence-corrected chi connectivity index (χ2v) is 8.39. The van der Waals surface area contributed by atoms with Crippen LogP contribution in [0.15, 0.2) is 53.9 Å². The second-order valence-electron chi connectivity index (χ2n) is 7.48. The number of ether oxygens (including phenoxy) is 2. The molecule has 5 nitrogen and oxygen atoms in total. The Hall–Kier alpha value is -2.57. The summed E-state index contributed by atoms with van der Waals surface area (Å²) < 4.78 is 12.1. The van der Waals surface area contributed by atoms with E-state index in [-0.39, 0.29) is 5.91 Å². The van der Waals surface area contributed by atoms with Crippen molar-refractivity contribution in [2.45, 2.75) is 25.4 Å². The number of hydrogen-bond donors (Lipinski definition) is 1. The molecule has 1 amide bonds. The van der Waals surface area contributed by atoms with E-state index in [9.17, 15) is 4.79 Å². The number of amides is 1. The molecule has 1 aromatic heterocycles. The van der Waals surface area contributed by atoms with E-state index >= 15 is 0 Å². The first-order valence-corrected chi connectivity index (χ1v) is 10.7. The van der Waals surface area contributed by atoms with Gasteiger partial charge in [-0.05, 0) is 60.0 Å². The van der Waals surface area contributed by atoms with Crippen molar-refractivity contribution in [3.05, 3.63) is 59.5 Å². The summed E-state index contributed by atoms with van der Waals surface area (Å²) in [6.45, 7) is 4.69. The number of hydrogen-bond acceptors (Lipinski definition) is 5. The van der Waals surface area contributed by atoms with Crippen LogP contribution in [0, 0.1) is 0 Å². The van der Waals surface area contributed by atoms with Crippen molar-refractivity contribution in [2.24, 2.45) is 0 Å². The molecule has 0 bridgehead atoms. The fourth-order valence-electron chi connectivity index (χ4n) is 3.67. The van der Waals surface area contributed by atoms with Gasteiger partial charge in [0.05, 0.1) is 19.2 Å². The molecule has 1 aliphatic rings. The van der Waals surface area contributed by atoms with Crippen LogP contribution in [-0.4, -0.2) is 43.2 Å². The largest absolute Gasteiger partial charge is 0.497 e. The molecule has 0 saturated carbocycles. The van der Waals surface area contributed by atoms with E-state index in [0.29, 0.717) is 13.2 Å². The third kappa shape index (κ3) is 4.09. The first-order valence-electron chi connectivity index (χ1n) is 9.85. The first kappa shape index (κ1) is 19.7. The highest BCUT2D eigenvalue weighted by atomic mass is 32.1. The lowest BCUT2D eigenvalue weighted by molar-refractivity contribution is -0.141. The number of carbonyl (C=O) groups is 1. The molecule has 1 N–H and O–H groups in total. The molecule has 0 radical (unpaired) electrons. The van der Waals surface area contributed by atoms with Crippen molar-refractivity contribution in [3.8, 4) is 11.5 Å². The average molecular weight is 411 g/mol. The summed E-state index contributed by atoms with van der Waals surface area (Å²) in [6.07, 6.45) is 0.875. The topological polar surface area (TPSA) is 50.8 Å². The lowest BCUT2D eigenvalue weighted by Crippen LogP contribution is -2.65. The van der Waals surface area contributed by atoms with Gasteiger partial charge in [0.25, 0.3) is 0 Å². The number of benzene rings is 2. The van der Waals surface area contributed by atoms with Gasteiger partial charge in [-0.3, -0.25) is 9.69 Å². The van der Waals surface area contributed by atoms with Crippen molar-refractivity contribution in [2.75, 3.05) is 26.8 Å². The van der Waals surface area contributed by atoms with Crippen molar-refractivity contribution in [3.63, 3.8) is 0 Å². The maximum Gasteiger partial charge on any atom is 0.240 e. The number of nitrogens with zero attached hydrogens (tertiary/aromatic N) is 1. The van der Waals surface area contributed by atoms with Crippen LogP contribution < -0.4 is 14.8 Å². The predicted octanol–water partition coefficient (Wildman–Crippen LogP) is 4.07. The molecule has 2 heterocycles. The van der Waals surface area contributed by atoms with Gasteiger partial charge in [-0.2, -0.15) is 0 Å².